The van der Waals surface area contributed by atoms with Gasteiger partial charge in [-0.2, -0.15) is 0 Å². The Morgan fingerprint density at radius 1 is 1.38 bits per heavy atom. The van der Waals surface area contributed by atoms with Gasteiger partial charge in [-0.3, -0.25) is 4.79 Å². The summed E-state index contributed by atoms with van der Waals surface area (Å²) in [5, 5.41) is 11.5. The normalized spacial score (nSPS) is 11.5. The molecule has 0 aliphatic carbocycles. The predicted molar refractivity (Wildman–Crippen MR) is 76.0 cm³/mol. The minimum absolute atomic E-state index is 0.200. The van der Waals surface area contributed by atoms with E-state index >= 15 is 0 Å². The van der Waals surface area contributed by atoms with Gasteiger partial charge >= 0.3 is 0 Å². The number of hydrogen-bond donors (Lipinski definition) is 1. The monoisotopic (exact) mass is 288 g/mol. The van der Waals surface area contributed by atoms with Crippen LogP contribution in [0.2, 0.25) is 0 Å². The standard InChI is InChI=1S/C14H18N5O2/c1-14(2,13(15)20)21-9-8-12-16-17-18-19(12)10-11-6-4-3-5-7-11/h3-8H,9-10H2,1-2H3,(H2,15,20). The molecule has 2 aromatic rings. The lowest BCUT2D eigenvalue weighted by Gasteiger charge is -2.20. The molecular formula is C14H18N5O2. The van der Waals surface area contributed by atoms with Gasteiger partial charge in [0.1, 0.15) is 5.60 Å². The largest absolute Gasteiger partial charge is 0.367 e. The number of tetrazole rings is 1. The fraction of sp³-hybridized carbons (Fsp3) is 0.357. The summed E-state index contributed by atoms with van der Waals surface area (Å²) in [6.07, 6.45) is 1.72. The molecule has 21 heavy (non-hydrogen) atoms. The summed E-state index contributed by atoms with van der Waals surface area (Å²) >= 11 is 0. The third-order valence-corrected chi connectivity index (χ3v) is 3.04. The van der Waals surface area contributed by atoms with Gasteiger partial charge in [-0.25, -0.2) is 4.68 Å². The van der Waals surface area contributed by atoms with Gasteiger partial charge in [0.25, 0.3) is 0 Å². The third-order valence-electron chi connectivity index (χ3n) is 3.04. The second kappa shape index (κ2) is 6.45. The number of carbonyl (C=O) groups excluding carboxylic acids is 1. The van der Waals surface area contributed by atoms with E-state index in [1.165, 1.54) is 0 Å². The molecule has 0 spiro atoms. The van der Waals surface area contributed by atoms with Crippen molar-refractivity contribution >= 4 is 5.91 Å². The van der Waals surface area contributed by atoms with Gasteiger partial charge in [-0.15, -0.1) is 5.10 Å². The van der Waals surface area contributed by atoms with E-state index in [0.717, 1.165) is 5.56 Å². The Labute approximate surface area is 123 Å². The molecule has 111 valence electrons. The van der Waals surface area contributed by atoms with E-state index in [0.29, 0.717) is 12.4 Å². The highest BCUT2D eigenvalue weighted by atomic mass is 16.5. The molecular weight excluding hydrogens is 270 g/mol. The molecule has 1 aromatic heterocycles. The summed E-state index contributed by atoms with van der Waals surface area (Å²) < 4.78 is 7.09. The number of nitrogens with two attached hydrogens (primary N) is 1. The van der Waals surface area contributed by atoms with Crippen LogP contribution in [0.25, 0.3) is 0 Å². The predicted octanol–water partition coefficient (Wildman–Crippen LogP) is 0.554. The fourth-order valence-electron chi connectivity index (χ4n) is 1.62. The van der Waals surface area contributed by atoms with Gasteiger partial charge in [0, 0.05) is 0 Å². The lowest BCUT2D eigenvalue weighted by atomic mass is 10.1. The minimum atomic E-state index is -1.02. The van der Waals surface area contributed by atoms with Gasteiger partial charge in [-0.1, -0.05) is 30.3 Å². The second-order valence-corrected chi connectivity index (χ2v) is 5.07. The number of amides is 1. The quantitative estimate of drug-likeness (QED) is 0.802. The lowest BCUT2D eigenvalue weighted by molar-refractivity contribution is -0.138. The van der Waals surface area contributed by atoms with Gasteiger partial charge < -0.3 is 10.5 Å². The zero-order valence-electron chi connectivity index (χ0n) is 12.1. The molecule has 1 heterocycles. The van der Waals surface area contributed by atoms with Crippen LogP contribution in [0.3, 0.4) is 0 Å². The average Bonchev–Trinajstić information content (AvgIpc) is 2.87. The molecule has 7 nitrogen and oxygen atoms in total. The smallest absolute Gasteiger partial charge is 0.249 e. The first-order valence-corrected chi connectivity index (χ1v) is 6.56. The van der Waals surface area contributed by atoms with E-state index in [2.05, 4.69) is 15.5 Å². The van der Waals surface area contributed by atoms with Crippen LogP contribution < -0.4 is 5.73 Å². The number of aromatic nitrogens is 4. The fourth-order valence-corrected chi connectivity index (χ4v) is 1.62. The highest BCUT2D eigenvalue weighted by Gasteiger charge is 2.25. The number of benzene rings is 1. The van der Waals surface area contributed by atoms with Crippen LogP contribution in [0.15, 0.2) is 30.3 Å². The number of carbonyl (C=O) groups is 1. The number of primary amides is 1. The minimum Gasteiger partial charge on any atom is -0.367 e. The van der Waals surface area contributed by atoms with Crippen LogP contribution in [-0.4, -0.2) is 38.3 Å². The van der Waals surface area contributed by atoms with Gasteiger partial charge in [0.05, 0.1) is 19.6 Å². The maximum absolute atomic E-state index is 11.2. The van der Waals surface area contributed by atoms with Crippen molar-refractivity contribution in [2.45, 2.75) is 26.0 Å². The first kappa shape index (κ1) is 15.1. The van der Waals surface area contributed by atoms with E-state index in [1.54, 1.807) is 25.0 Å². The lowest BCUT2D eigenvalue weighted by Crippen LogP contribution is -2.41. The maximum Gasteiger partial charge on any atom is 0.249 e. The molecule has 0 aliphatic rings. The number of nitrogens with zero attached hydrogens (tertiary/aromatic N) is 4. The highest BCUT2D eigenvalue weighted by molar-refractivity contribution is 5.82. The Kier molecular flexibility index (Phi) is 4.64. The molecule has 0 fully saturated rings. The highest BCUT2D eigenvalue weighted by Crippen LogP contribution is 2.10. The van der Waals surface area contributed by atoms with E-state index < -0.39 is 11.5 Å². The van der Waals surface area contributed by atoms with Crippen molar-refractivity contribution in [2.24, 2.45) is 5.73 Å². The van der Waals surface area contributed by atoms with Crippen molar-refractivity contribution in [3.05, 3.63) is 48.1 Å². The molecule has 2 rings (SSSR count). The molecule has 1 radical (unpaired) electrons. The van der Waals surface area contributed by atoms with Crippen molar-refractivity contribution in [1.82, 2.24) is 20.2 Å². The van der Waals surface area contributed by atoms with Crippen molar-refractivity contribution in [3.63, 3.8) is 0 Å². The van der Waals surface area contributed by atoms with Crippen molar-refractivity contribution in [1.29, 1.82) is 0 Å². The van der Waals surface area contributed by atoms with E-state index in [4.69, 9.17) is 10.5 Å². The van der Waals surface area contributed by atoms with Gasteiger partial charge in [0.15, 0.2) is 5.82 Å². The van der Waals surface area contributed by atoms with E-state index in [-0.39, 0.29) is 6.61 Å². The van der Waals surface area contributed by atoms with Crippen LogP contribution in [0.4, 0.5) is 0 Å². The van der Waals surface area contributed by atoms with Gasteiger partial charge in [-0.05, 0) is 29.8 Å². The summed E-state index contributed by atoms with van der Waals surface area (Å²) in [6, 6.07) is 9.87. The Morgan fingerprint density at radius 2 is 2.10 bits per heavy atom. The van der Waals surface area contributed by atoms with Crippen LogP contribution in [0.1, 0.15) is 25.2 Å². The number of rotatable bonds is 7. The van der Waals surface area contributed by atoms with Crippen molar-refractivity contribution in [3.8, 4) is 0 Å². The summed E-state index contributed by atoms with van der Waals surface area (Å²) in [5.74, 6) is 0.0684. The summed E-state index contributed by atoms with van der Waals surface area (Å²) in [7, 11) is 0. The number of hydrogen-bond acceptors (Lipinski definition) is 5. The molecule has 0 atom stereocenters. The molecule has 1 amide bonds. The Hall–Kier alpha value is -2.28. The van der Waals surface area contributed by atoms with Gasteiger partial charge in [0.2, 0.25) is 5.91 Å². The molecule has 0 unspecified atom stereocenters. The second-order valence-electron chi connectivity index (χ2n) is 5.07. The molecule has 1 aromatic carbocycles. The average molecular weight is 288 g/mol. The zero-order valence-corrected chi connectivity index (χ0v) is 12.1. The Balaban J connectivity index is 1.94. The van der Waals surface area contributed by atoms with E-state index in [9.17, 15) is 4.79 Å². The van der Waals surface area contributed by atoms with E-state index in [1.807, 2.05) is 30.3 Å². The first-order chi connectivity index (χ1) is 9.99. The van der Waals surface area contributed by atoms with Crippen LogP contribution in [-0.2, 0) is 16.1 Å². The summed E-state index contributed by atoms with van der Waals surface area (Å²) in [6.45, 7) is 4.01. The zero-order chi connectivity index (χ0) is 15.3. The maximum atomic E-state index is 11.2. The van der Waals surface area contributed by atoms with Crippen molar-refractivity contribution < 1.29 is 9.53 Å². The van der Waals surface area contributed by atoms with Crippen LogP contribution in [0.5, 0.6) is 0 Å². The molecule has 0 aliphatic heterocycles. The third kappa shape index (κ3) is 4.09. The molecule has 0 saturated heterocycles. The van der Waals surface area contributed by atoms with Crippen LogP contribution >= 0.6 is 0 Å². The van der Waals surface area contributed by atoms with Crippen molar-refractivity contribution in [2.75, 3.05) is 6.61 Å². The molecule has 2 N–H and O–H groups in total. The summed E-state index contributed by atoms with van der Waals surface area (Å²) in [4.78, 5) is 11.2. The van der Waals surface area contributed by atoms with Crippen LogP contribution in [0, 0.1) is 6.42 Å². The summed E-state index contributed by atoms with van der Waals surface area (Å²) in [5.41, 5.74) is 5.31. The topological polar surface area (TPSA) is 95.9 Å². The SMILES string of the molecule is CC(C)(OC[CH]c1nnnn1Cc1ccccc1)C(N)=O. The number of ether oxygens (including phenoxy) is 1. The Bertz CT molecular complexity index is 594. The molecule has 0 bridgehead atoms. The molecule has 0 saturated carbocycles. The molecule has 7 heteroatoms. The first-order valence-electron chi connectivity index (χ1n) is 6.56. The Morgan fingerprint density at radius 3 is 2.76 bits per heavy atom.